The van der Waals surface area contributed by atoms with Gasteiger partial charge in [0.25, 0.3) is 5.91 Å². The lowest BCUT2D eigenvalue weighted by atomic mass is 9.78. The second-order valence-corrected chi connectivity index (χ2v) is 6.75. The standard InChI is InChI=1S/C17H22N4O2/c22-16(14-5-4-13-15(20-14)11-18-21-13)19-12-6-9-23-17(10-12)7-2-1-3-8-17/h4-5,11-12H,1-3,6-10H2,(H,18,21)(H,19,22). The van der Waals surface area contributed by atoms with Crippen molar-refractivity contribution in [3.05, 3.63) is 24.0 Å². The van der Waals surface area contributed by atoms with Crippen LogP contribution in [0.5, 0.6) is 0 Å². The summed E-state index contributed by atoms with van der Waals surface area (Å²) in [7, 11) is 0. The molecule has 122 valence electrons. The zero-order chi connectivity index (χ0) is 15.7. The van der Waals surface area contributed by atoms with Crippen molar-refractivity contribution < 1.29 is 9.53 Å². The average Bonchev–Trinajstić information content (AvgIpc) is 3.03. The summed E-state index contributed by atoms with van der Waals surface area (Å²) in [6.45, 7) is 0.735. The van der Waals surface area contributed by atoms with Gasteiger partial charge in [0.05, 0.1) is 17.3 Å². The number of hydrogen-bond donors (Lipinski definition) is 2. The minimum Gasteiger partial charge on any atom is -0.375 e. The minimum atomic E-state index is -0.106. The second kappa shape index (κ2) is 5.92. The van der Waals surface area contributed by atoms with E-state index >= 15 is 0 Å². The molecular formula is C17H22N4O2. The molecule has 2 N–H and O–H groups in total. The predicted molar refractivity (Wildman–Crippen MR) is 86.1 cm³/mol. The lowest BCUT2D eigenvalue weighted by Crippen LogP contribution is -2.49. The topological polar surface area (TPSA) is 79.9 Å². The molecule has 0 aromatic carbocycles. The fraction of sp³-hybridized carbons (Fsp3) is 0.588. The van der Waals surface area contributed by atoms with Gasteiger partial charge in [0.2, 0.25) is 0 Å². The van der Waals surface area contributed by atoms with Crippen LogP contribution in [0.3, 0.4) is 0 Å². The Bertz CT molecular complexity index is 700. The van der Waals surface area contributed by atoms with Gasteiger partial charge in [-0.3, -0.25) is 9.89 Å². The number of nitrogens with one attached hydrogen (secondary N) is 2. The van der Waals surface area contributed by atoms with E-state index in [1.54, 1.807) is 12.3 Å². The van der Waals surface area contributed by atoms with Crippen LogP contribution in [0.4, 0.5) is 0 Å². The summed E-state index contributed by atoms with van der Waals surface area (Å²) in [5.41, 5.74) is 2.00. The first-order valence-corrected chi connectivity index (χ1v) is 8.49. The lowest BCUT2D eigenvalue weighted by Gasteiger charge is -2.43. The van der Waals surface area contributed by atoms with Crippen LogP contribution in [0.1, 0.15) is 55.4 Å². The zero-order valence-corrected chi connectivity index (χ0v) is 13.2. The third kappa shape index (κ3) is 2.95. The number of pyridine rings is 1. The summed E-state index contributed by atoms with van der Waals surface area (Å²) < 4.78 is 6.09. The molecular weight excluding hydrogens is 292 g/mol. The summed E-state index contributed by atoms with van der Waals surface area (Å²) in [4.78, 5) is 16.9. The number of nitrogens with zero attached hydrogens (tertiary/aromatic N) is 2. The van der Waals surface area contributed by atoms with Crippen LogP contribution in [-0.2, 0) is 4.74 Å². The highest BCUT2D eigenvalue weighted by Gasteiger charge is 2.38. The van der Waals surface area contributed by atoms with Crippen molar-refractivity contribution in [2.24, 2.45) is 0 Å². The maximum Gasteiger partial charge on any atom is 0.270 e. The fourth-order valence-electron chi connectivity index (χ4n) is 3.91. The molecule has 6 heteroatoms. The first kappa shape index (κ1) is 14.6. The molecule has 1 aliphatic heterocycles. The van der Waals surface area contributed by atoms with Crippen molar-refractivity contribution in [2.45, 2.75) is 56.6 Å². The largest absolute Gasteiger partial charge is 0.375 e. The number of ether oxygens (including phenoxy) is 1. The van der Waals surface area contributed by atoms with Gasteiger partial charge in [0, 0.05) is 12.6 Å². The number of aromatic amines is 1. The van der Waals surface area contributed by atoms with Crippen molar-refractivity contribution in [2.75, 3.05) is 6.61 Å². The Balaban J connectivity index is 1.45. The molecule has 1 amide bonds. The van der Waals surface area contributed by atoms with E-state index in [2.05, 4.69) is 20.5 Å². The quantitative estimate of drug-likeness (QED) is 0.893. The molecule has 1 atom stereocenters. The van der Waals surface area contributed by atoms with Crippen molar-refractivity contribution in [3.63, 3.8) is 0 Å². The second-order valence-electron chi connectivity index (χ2n) is 6.75. The van der Waals surface area contributed by atoms with Crippen molar-refractivity contribution in [1.82, 2.24) is 20.5 Å². The van der Waals surface area contributed by atoms with E-state index in [9.17, 15) is 4.79 Å². The molecule has 2 aromatic heterocycles. The number of aromatic nitrogens is 3. The predicted octanol–water partition coefficient (Wildman–Crippen LogP) is 2.57. The van der Waals surface area contributed by atoms with E-state index in [1.807, 2.05) is 6.07 Å². The van der Waals surface area contributed by atoms with E-state index in [1.165, 1.54) is 19.3 Å². The van der Waals surface area contributed by atoms with Gasteiger partial charge in [-0.1, -0.05) is 19.3 Å². The lowest BCUT2D eigenvalue weighted by molar-refractivity contribution is -0.107. The van der Waals surface area contributed by atoms with E-state index in [-0.39, 0.29) is 17.6 Å². The van der Waals surface area contributed by atoms with Crippen LogP contribution in [0.2, 0.25) is 0 Å². The fourth-order valence-corrected chi connectivity index (χ4v) is 3.91. The molecule has 2 aromatic rings. The van der Waals surface area contributed by atoms with Gasteiger partial charge in [-0.2, -0.15) is 5.10 Å². The van der Waals surface area contributed by atoms with Gasteiger partial charge in [-0.05, 0) is 37.8 Å². The summed E-state index contributed by atoms with van der Waals surface area (Å²) in [6.07, 6.45) is 9.46. The summed E-state index contributed by atoms with van der Waals surface area (Å²) in [5.74, 6) is -0.106. The summed E-state index contributed by atoms with van der Waals surface area (Å²) >= 11 is 0. The molecule has 1 aliphatic carbocycles. The minimum absolute atomic E-state index is 0.00358. The van der Waals surface area contributed by atoms with Gasteiger partial charge < -0.3 is 10.1 Å². The van der Waals surface area contributed by atoms with Gasteiger partial charge in [-0.25, -0.2) is 4.98 Å². The maximum atomic E-state index is 12.5. The molecule has 1 unspecified atom stereocenters. The molecule has 4 rings (SSSR count). The molecule has 2 fully saturated rings. The van der Waals surface area contributed by atoms with Crippen LogP contribution in [0.15, 0.2) is 18.3 Å². The number of rotatable bonds is 2. The van der Waals surface area contributed by atoms with Crippen molar-refractivity contribution in [1.29, 1.82) is 0 Å². The highest BCUT2D eigenvalue weighted by molar-refractivity contribution is 5.94. The normalized spacial score (nSPS) is 23.9. The number of fused-ring (bicyclic) bond motifs is 1. The number of carbonyl (C=O) groups is 1. The van der Waals surface area contributed by atoms with Crippen LogP contribution < -0.4 is 5.32 Å². The molecule has 2 aliphatic rings. The monoisotopic (exact) mass is 314 g/mol. The third-order valence-corrected chi connectivity index (χ3v) is 5.12. The Morgan fingerprint density at radius 2 is 2.17 bits per heavy atom. The Morgan fingerprint density at radius 1 is 1.30 bits per heavy atom. The van der Waals surface area contributed by atoms with Gasteiger partial charge in [-0.15, -0.1) is 0 Å². The highest BCUT2D eigenvalue weighted by atomic mass is 16.5. The van der Waals surface area contributed by atoms with E-state index in [4.69, 9.17) is 4.74 Å². The van der Waals surface area contributed by atoms with Gasteiger partial charge in [0.1, 0.15) is 11.2 Å². The zero-order valence-electron chi connectivity index (χ0n) is 13.2. The summed E-state index contributed by atoms with van der Waals surface area (Å²) in [6, 6.07) is 3.76. The van der Waals surface area contributed by atoms with Gasteiger partial charge >= 0.3 is 0 Å². The first-order valence-electron chi connectivity index (χ1n) is 8.49. The van der Waals surface area contributed by atoms with Crippen LogP contribution in [-0.4, -0.2) is 39.3 Å². The van der Waals surface area contributed by atoms with E-state index in [0.717, 1.165) is 37.8 Å². The smallest absolute Gasteiger partial charge is 0.270 e. The number of amides is 1. The molecule has 1 saturated carbocycles. The molecule has 6 nitrogen and oxygen atoms in total. The molecule has 0 radical (unpaired) electrons. The molecule has 0 bridgehead atoms. The van der Waals surface area contributed by atoms with E-state index < -0.39 is 0 Å². The SMILES string of the molecule is O=C(NC1CCOC2(CCCCC2)C1)c1ccc2[nH]ncc2n1. The molecule has 23 heavy (non-hydrogen) atoms. The first-order chi connectivity index (χ1) is 11.2. The summed E-state index contributed by atoms with van der Waals surface area (Å²) in [5, 5.41) is 9.94. The average molecular weight is 314 g/mol. The number of carbonyl (C=O) groups excluding carboxylic acids is 1. The number of hydrogen-bond acceptors (Lipinski definition) is 4. The Hall–Kier alpha value is -1.95. The highest BCUT2D eigenvalue weighted by Crippen LogP contribution is 2.38. The van der Waals surface area contributed by atoms with Crippen molar-refractivity contribution >= 4 is 16.9 Å². The molecule has 1 spiro atoms. The van der Waals surface area contributed by atoms with Crippen LogP contribution in [0, 0.1) is 0 Å². The van der Waals surface area contributed by atoms with Crippen LogP contribution in [0.25, 0.3) is 11.0 Å². The Labute approximate surface area is 135 Å². The molecule has 1 saturated heterocycles. The van der Waals surface area contributed by atoms with E-state index in [0.29, 0.717) is 11.2 Å². The van der Waals surface area contributed by atoms with Crippen LogP contribution >= 0.6 is 0 Å². The number of H-pyrrole nitrogens is 1. The Kier molecular flexibility index (Phi) is 3.77. The molecule has 3 heterocycles. The van der Waals surface area contributed by atoms with Crippen molar-refractivity contribution in [3.8, 4) is 0 Å². The third-order valence-electron chi connectivity index (χ3n) is 5.12. The maximum absolute atomic E-state index is 12.5. The van der Waals surface area contributed by atoms with Gasteiger partial charge in [0.15, 0.2) is 0 Å². The Morgan fingerprint density at radius 3 is 3.04 bits per heavy atom.